The average Bonchev–Trinajstić information content (AvgIpc) is 1.89. The lowest BCUT2D eigenvalue weighted by Gasteiger charge is -1.80. The van der Waals surface area contributed by atoms with Crippen LogP contribution < -0.4 is 5.73 Å². The van der Waals surface area contributed by atoms with Gasteiger partial charge >= 0.3 is 0 Å². The molecule has 2 heteroatoms. The average molecular weight is 126 g/mol. The lowest BCUT2D eigenvalue weighted by Crippen LogP contribution is -1.94. The first-order valence-electron chi connectivity index (χ1n) is 3.28. The maximum atomic E-state index is 5.24. The van der Waals surface area contributed by atoms with Gasteiger partial charge in [0.15, 0.2) is 0 Å². The number of hydrogen-bond acceptors (Lipinski definition) is 2. The van der Waals surface area contributed by atoms with Crippen LogP contribution in [0.2, 0.25) is 0 Å². The Bertz CT molecular complexity index is 95.1. The molecule has 52 valence electrons. The summed E-state index contributed by atoms with van der Waals surface area (Å²) in [5.41, 5.74) is 5.24. The zero-order chi connectivity index (χ0) is 6.95. The Morgan fingerprint density at radius 3 is 2.89 bits per heavy atom. The van der Waals surface area contributed by atoms with Crippen LogP contribution in [0.5, 0.6) is 0 Å². The summed E-state index contributed by atoms with van der Waals surface area (Å²) in [7, 11) is 0. The highest BCUT2D eigenvalue weighted by molar-refractivity contribution is 5.57. The van der Waals surface area contributed by atoms with Crippen LogP contribution in [-0.2, 0) is 0 Å². The molecular formula is C7H14N2. The highest BCUT2D eigenvalue weighted by Crippen LogP contribution is 1.79. The van der Waals surface area contributed by atoms with Crippen molar-refractivity contribution in [3.05, 3.63) is 12.3 Å². The minimum atomic E-state index is 0.706. The molecule has 0 aromatic heterocycles. The molecule has 0 radical (unpaired) electrons. The maximum Gasteiger partial charge on any atom is 0.0224 e. The number of rotatable bonds is 4. The van der Waals surface area contributed by atoms with Gasteiger partial charge in [-0.3, -0.25) is 4.99 Å². The molecule has 0 aromatic rings. The monoisotopic (exact) mass is 126 g/mol. The molecule has 0 amide bonds. The van der Waals surface area contributed by atoms with Gasteiger partial charge in [0.05, 0.1) is 0 Å². The Morgan fingerprint density at radius 2 is 2.33 bits per heavy atom. The van der Waals surface area contributed by atoms with E-state index in [1.165, 1.54) is 0 Å². The molecule has 2 nitrogen and oxygen atoms in total. The minimum absolute atomic E-state index is 0.706. The van der Waals surface area contributed by atoms with Gasteiger partial charge in [-0.2, -0.15) is 0 Å². The minimum Gasteiger partial charge on any atom is -0.330 e. The topological polar surface area (TPSA) is 38.4 Å². The molecule has 2 N–H and O–H groups in total. The smallest absolute Gasteiger partial charge is 0.0224 e. The molecular weight excluding hydrogens is 112 g/mol. The third-order valence-electron chi connectivity index (χ3n) is 0.813. The van der Waals surface area contributed by atoms with E-state index in [4.69, 9.17) is 5.73 Å². The zero-order valence-electron chi connectivity index (χ0n) is 5.88. The van der Waals surface area contributed by atoms with Crippen molar-refractivity contribution < 1.29 is 0 Å². The zero-order valence-corrected chi connectivity index (χ0v) is 5.88. The van der Waals surface area contributed by atoms with Crippen molar-refractivity contribution in [2.24, 2.45) is 10.7 Å². The van der Waals surface area contributed by atoms with E-state index >= 15 is 0 Å². The van der Waals surface area contributed by atoms with Gasteiger partial charge in [-0.1, -0.05) is 13.0 Å². The maximum absolute atomic E-state index is 5.24. The number of hydrogen-bond donors (Lipinski definition) is 1. The van der Waals surface area contributed by atoms with Crippen molar-refractivity contribution >= 4 is 6.21 Å². The number of nitrogens with two attached hydrogens (primary N) is 1. The highest BCUT2D eigenvalue weighted by Gasteiger charge is 1.68. The Hall–Kier alpha value is -0.630. The van der Waals surface area contributed by atoms with Crippen molar-refractivity contribution in [1.82, 2.24) is 0 Å². The second-order valence-electron chi connectivity index (χ2n) is 1.70. The van der Waals surface area contributed by atoms with Crippen LogP contribution in [0.3, 0.4) is 0 Å². The van der Waals surface area contributed by atoms with Crippen LogP contribution in [0.25, 0.3) is 0 Å². The predicted octanol–water partition coefficient (Wildman–Crippen LogP) is 1.33. The van der Waals surface area contributed by atoms with Gasteiger partial charge in [0.1, 0.15) is 0 Å². The Morgan fingerprint density at radius 1 is 1.56 bits per heavy atom. The third kappa shape index (κ3) is 7.37. The molecule has 0 bridgehead atoms. The molecule has 9 heavy (non-hydrogen) atoms. The summed E-state index contributed by atoms with van der Waals surface area (Å²) < 4.78 is 0. The second-order valence-corrected chi connectivity index (χ2v) is 1.70. The summed E-state index contributed by atoms with van der Waals surface area (Å²) in [5, 5.41) is 0. The second kappa shape index (κ2) is 7.37. The van der Waals surface area contributed by atoms with Crippen molar-refractivity contribution in [3.8, 4) is 0 Å². The van der Waals surface area contributed by atoms with Gasteiger partial charge < -0.3 is 5.73 Å². The van der Waals surface area contributed by atoms with Crippen molar-refractivity contribution in [2.45, 2.75) is 19.8 Å². The molecule has 0 heterocycles. The molecule has 0 aliphatic rings. The molecule has 0 aromatic carbocycles. The van der Waals surface area contributed by atoms with E-state index in [1.54, 1.807) is 6.20 Å². The van der Waals surface area contributed by atoms with E-state index < -0.39 is 0 Å². The lowest BCUT2D eigenvalue weighted by atomic mass is 10.4. The van der Waals surface area contributed by atoms with Crippen LogP contribution >= 0.6 is 0 Å². The fraction of sp³-hybridized carbons (Fsp3) is 0.571. The van der Waals surface area contributed by atoms with E-state index in [1.807, 2.05) is 12.3 Å². The molecule has 0 aliphatic carbocycles. The third-order valence-corrected chi connectivity index (χ3v) is 0.813. The van der Waals surface area contributed by atoms with E-state index in [-0.39, 0.29) is 0 Å². The summed E-state index contributed by atoms with van der Waals surface area (Å²) in [6.45, 7) is 2.76. The van der Waals surface area contributed by atoms with E-state index in [9.17, 15) is 0 Å². The quantitative estimate of drug-likeness (QED) is 0.567. The predicted molar refractivity (Wildman–Crippen MR) is 41.6 cm³/mol. The number of aliphatic imine (C=N–C) groups is 1. The molecule has 0 atom stereocenters. The lowest BCUT2D eigenvalue weighted by molar-refractivity contribution is 1.00. The molecule has 0 unspecified atom stereocenters. The molecule has 0 spiro atoms. The van der Waals surface area contributed by atoms with Gasteiger partial charge in [0, 0.05) is 12.4 Å². The Balaban J connectivity index is 3.13. The number of nitrogens with zero attached hydrogens (tertiary/aromatic N) is 1. The summed E-state index contributed by atoms with van der Waals surface area (Å²) in [5.74, 6) is 0. The van der Waals surface area contributed by atoms with Crippen molar-refractivity contribution in [1.29, 1.82) is 0 Å². The van der Waals surface area contributed by atoms with Crippen molar-refractivity contribution in [2.75, 3.05) is 6.54 Å². The molecule has 0 saturated carbocycles. The van der Waals surface area contributed by atoms with Crippen molar-refractivity contribution in [3.63, 3.8) is 0 Å². The van der Waals surface area contributed by atoms with Gasteiger partial charge in [0.25, 0.3) is 0 Å². The first-order chi connectivity index (χ1) is 4.41. The first kappa shape index (κ1) is 8.37. The van der Waals surface area contributed by atoms with Crippen LogP contribution in [-0.4, -0.2) is 12.8 Å². The standard InChI is InChI=1S/C7H14N2/c1-2-6-9-7-4-3-5-8/h4,6-7H,2-3,5,8H2,1H3/b7-4-,9-6?. The summed E-state index contributed by atoms with van der Waals surface area (Å²) in [6, 6.07) is 0. The van der Waals surface area contributed by atoms with Gasteiger partial charge in [-0.05, 0) is 19.4 Å². The molecule has 0 aliphatic heterocycles. The summed E-state index contributed by atoms with van der Waals surface area (Å²) in [6.07, 6.45) is 7.53. The molecule has 0 saturated heterocycles. The van der Waals surface area contributed by atoms with Crippen LogP contribution in [0.4, 0.5) is 0 Å². The van der Waals surface area contributed by atoms with Gasteiger partial charge in [-0.15, -0.1) is 0 Å². The first-order valence-corrected chi connectivity index (χ1v) is 3.28. The van der Waals surface area contributed by atoms with E-state index in [2.05, 4.69) is 11.9 Å². The largest absolute Gasteiger partial charge is 0.330 e. The van der Waals surface area contributed by atoms with Crippen LogP contribution in [0, 0.1) is 0 Å². The SMILES string of the molecule is CCC=N/C=C\CCN. The van der Waals surface area contributed by atoms with E-state index in [0.29, 0.717) is 6.54 Å². The molecule has 0 rings (SSSR count). The Kier molecular flexibility index (Phi) is 6.85. The highest BCUT2D eigenvalue weighted by atomic mass is 14.7. The van der Waals surface area contributed by atoms with Crippen LogP contribution in [0.15, 0.2) is 17.3 Å². The Labute approximate surface area is 56.5 Å². The fourth-order valence-corrected chi connectivity index (χ4v) is 0.398. The summed E-state index contributed by atoms with van der Waals surface area (Å²) >= 11 is 0. The van der Waals surface area contributed by atoms with Gasteiger partial charge in [-0.25, -0.2) is 0 Å². The van der Waals surface area contributed by atoms with Gasteiger partial charge in [0.2, 0.25) is 0 Å². The fourth-order valence-electron chi connectivity index (χ4n) is 0.398. The van der Waals surface area contributed by atoms with Crippen LogP contribution in [0.1, 0.15) is 19.8 Å². The molecule has 0 fully saturated rings. The van der Waals surface area contributed by atoms with E-state index in [0.717, 1.165) is 12.8 Å². The summed E-state index contributed by atoms with van der Waals surface area (Å²) in [4.78, 5) is 3.97. The normalized spacial score (nSPS) is 11.8.